The third-order valence-corrected chi connectivity index (χ3v) is 4.52. The number of aliphatic carboxylic acids is 1. The van der Waals surface area contributed by atoms with Gasteiger partial charge in [0.1, 0.15) is 0 Å². The van der Waals surface area contributed by atoms with Crippen LogP contribution < -0.4 is 10.1 Å². The molecule has 1 atom stereocenters. The van der Waals surface area contributed by atoms with E-state index in [2.05, 4.69) is 5.32 Å². The SMILES string of the molecule is COc1ccc(C(NC(=O)C2CCCCCCC2)C(=O)O)cc1F. The van der Waals surface area contributed by atoms with Crippen LogP contribution in [0.1, 0.15) is 56.6 Å². The predicted molar refractivity (Wildman–Crippen MR) is 87.3 cm³/mol. The molecule has 1 saturated carbocycles. The highest BCUT2D eigenvalue weighted by atomic mass is 19.1. The molecule has 1 aromatic rings. The van der Waals surface area contributed by atoms with Gasteiger partial charge in [0.05, 0.1) is 7.11 Å². The first kappa shape index (κ1) is 18.2. The number of carboxylic acid groups (broad SMARTS) is 1. The standard InChI is InChI=1S/C18H24FNO4/c1-24-15-10-9-13(11-14(15)19)16(18(22)23)20-17(21)12-7-5-3-2-4-6-8-12/h9-12,16H,2-8H2,1H3,(H,20,21)(H,22,23). The van der Waals surface area contributed by atoms with Crippen molar-refractivity contribution in [3.05, 3.63) is 29.6 Å². The zero-order chi connectivity index (χ0) is 17.5. The highest BCUT2D eigenvalue weighted by molar-refractivity contribution is 5.85. The summed E-state index contributed by atoms with van der Waals surface area (Å²) in [6, 6.07) is 2.65. The molecule has 1 aliphatic carbocycles. The van der Waals surface area contributed by atoms with Gasteiger partial charge in [-0.05, 0) is 30.5 Å². The van der Waals surface area contributed by atoms with Crippen molar-refractivity contribution in [1.29, 1.82) is 0 Å². The molecule has 0 heterocycles. The first-order valence-electron chi connectivity index (χ1n) is 8.39. The summed E-state index contributed by atoms with van der Waals surface area (Å²) in [5.74, 6) is -2.26. The van der Waals surface area contributed by atoms with E-state index in [9.17, 15) is 19.1 Å². The Labute approximate surface area is 141 Å². The third-order valence-electron chi connectivity index (χ3n) is 4.52. The van der Waals surface area contributed by atoms with Crippen LogP contribution >= 0.6 is 0 Å². The maximum absolute atomic E-state index is 13.8. The molecule has 0 bridgehead atoms. The number of carboxylic acids is 1. The van der Waals surface area contributed by atoms with Gasteiger partial charge in [-0.2, -0.15) is 0 Å². The fraction of sp³-hybridized carbons (Fsp3) is 0.556. The zero-order valence-corrected chi connectivity index (χ0v) is 13.9. The number of hydrogen-bond donors (Lipinski definition) is 2. The lowest BCUT2D eigenvalue weighted by Gasteiger charge is -2.22. The minimum absolute atomic E-state index is 0.0363. The summed E-state index contributed by atoms with van der Waals surface area (Å²) in [5.41, 5.74) is 0.194. The number of hydrogen-bond acceptors (Lipinski definition) is 3. The van der Waals surface area contributed by atoms with Gasteiger partial charge in [-0.3, -0.25) is 4.79 Å². The molecule has 1 aliphatic rings. The number of nitrogens with one attached hydrogen (secondary N) is 1. The molecule has 0 saturated heterocycles. The van der Waals surface area contributed by atoms with Crippen LogP contribution in [-0.4, -0.2) is 24.1 Å². The molecule has 0 radical (unpaired) electrons. The summed E-state index contributed by atoms with van der Waals surface area (Å²) in [6.45, 7) is 0. The van der Waals surface area contributed by atoms with Crippen LogP contribution in [0.3, 0.4) is 0 Å². The topological polar surface area (TPSA) is 75.6 Å². The van der Waals surface area contributed by atoms with E-state index in [1.165, 1.54) is 25.7 Å². The number of carbonyl (C=O) groups is 2. The minimum Gasteiger partial charge on any atom is -0.494 e. The molecule has 0 spiro atoms. The molecular weight excluding hydrogens is 313 g/mol. The molecule has 1 aromatic carbocycles. The van der Waals surface area contributed by atoms with Crippen LogP contribution in [0.2, 0.25) is 0 Å². The Morgan fingerprint density at radius 1 is 1.21 bits per heavy atom. The number of carbonyl (C=O) groups excluding carboxylic acids is 1. The van der Waals surface area contributed by atoms with Crippen molar-refractivity contribution in [2.24, 2.45) is 5.92 Å². The Balaban J connectivity index is 2.11. The molecule has 1 fully saturated rings. The van der Waals surface area contributed by atoms with Gasteiger partial charge in [0.2, 0.25) is 5.91 Å². The summed E-state index contributed by atoms with van der Waals surface area (Å²) >= 11 is 0. The van der Waals surface area contributed by atoms with Gasteiger partial charge in [-0.25, -0.2) is 9.18 Å². The molecule has 1 amide bonds. The van der Waals surface area contributed by atoms with Crippen molar-refractivity contribution in [3.8, 4) is 5.75 Å². The van der Waals surface area contributed by atoms with Gasteiger partial charge in [0.25, 0.3) is 0 Å². The molecule has 24 heavy (non-hydrogen) atoms. The van der Waals surface area contributed by atoms with Gasteiger partial charge in [-0.1, -0.05) is 38.2 Å². The second kappa shape index (κ2) is 8.66. The summed E-state index contributed by atoms with van der Waals surface area (Å²) in [7, 11) is 1.34. The first-order chi connectivity index (χ1) is 11.5. The van der Waals surface area contributed by atoms with E-state index in [4.69, 9.17) is 4.74 Å². The molecule has 0 aromatic heterocycles. The van der Waals surface area contributed by atoms with Crippen molar-refractivity contribution < 1.29 is 23.8 Å². The van der Waals surface area contributed by atoms with Crippen LogP contribution in [0.15, 0.2) is 18.2 Å². The Hall–Kier alpha value is -2.11. The Morgan fingerprint density at radius 2 is 1.83 bits per heavy atom. The normalized spacial score (nSPS) is 17.4. The van der Waals surface area contributed by atoms with E-state index < -0.39 is 17.8 Å². The second-order valence-corrected chi connectivity index (χ2v) is 6.22. The van der Waals surface area contributed by atoms with E-state index in [-0.39, 0.29) is 23.1 Å². The number of methoxy groups -OCH3 is 1. The zero-order valence-electron chi connectivity index (χ0n) is 13.9. The van der Waals surface area contributed by atoms with Crippen LogP contribution in [0.5, 0.6) is 5.75 Å². The van der Waals surface area contributed by atoms with Crippen molar-refractivity contribution in [2.45, 2.75) is 51.0 Å². The number of ether oxygens (including phenoxy) is 1. The quantitative estimate of drug-likeness (QED) is 0.863. The maximum Gasteiger partial charge on any atom is 0.330 e. The van der Waals surface area contributed by atoms with E-state index >= 15 is 0 Å². The van der Waals surface area contributed by atoms with E-state index in [1.54, 1.807) is 0 Å². The average Bonchev–Trinajstić information content (AvgIpc) is 2.51. The lowest BCUT2D eigenvalue weighted by atomic mass is 9.90. The highest BCUT2D eigenvalue weighted by Gasteiger charge is 2.27. The Bertz CT molecular complexity index is 582. The van der Waals surface area contributed by atoms with Crippen molar-refractivity contribution in [3.63, 3.8) is 0 Å². The molecule has 6 heteroatoms. The largest absolute Gasteiger partial charge is 0.494 e. The second-order valence-electron chi connectivity index (χ2n) is 6.22. The van der Waals surface area contributed by atoms with E-state index in [0.717, 1.165) is 44.6 Å². The molecular formula is C18H24FNO4. The van der Waals surface area contributed by atoms with Crippen molar-refractivity contribution >= 4 is 11.9 Å². The predicted octanol–water partition coefficient (Wildman–Crippen LogP) is 3.44. The van der Waals surface area contributed by atoms with Crippen LogP contribution in [-0.2, 0) is 9.59 Å². The summed E-state index contributed by atoms with van der Waals surface area (Å²) in [4.78, 5) is 24.0. The van der Waals surface area contributed by atoms with Crippen molar-refractivity contribution in [1.82, 2.24) is 5.32 Å². The number of rotatable bonds is 5. The molecule has 2 rings (SSSR count). The number of amides is 1. The highest BCUT2D eigenvalue weighted by Crippen LogP contribution is 2.25. The molecule has 0 aliphatic heterocycles. The monoisotopic (exact) mass is 337 g/mol. The molecule has 2 N–H and O–H groups in total. The van der Waals surface area contributed by atoms with Crippen LogP contribution in [0, 0.1) is 11.7 Å². The van der Waals surface area contributed by atoms with Crippen LogP contribution in [0.25, 0.3) is 0 Å². The van der Waals surface area contributed by atoms with Gasteiger partial charge in [0.15, 0.2) is 17.6 Å². The van der Waals surface area contributed by atoms with Crippen LogP contribution in [0.4, 0.5) is 4.39 Å². The fourth-order valence-electron chi connectivity index (χ4n) is 3.13. The van der Waals surface area contributed by atoms with Crippen molar-refractivity contribution in [2.75, 3.05) is 7.11 Å². The average molecular weight is 337 g/mol. The summed E-state index contributed by atoms with van der Waals surface area (Å²) in [5, 5.41) is 12.0. The summed E-state index contributed by atoms with van der Waals surface area (Å²) in [6.07, 6.45) is 6.91. The van der Waals surface area contributed by atoms with Gasteiger partial charge in [-0.15, -0.1) is 0 Å². The molecule has 1 unspecified atom stereocenters. The first-order valence-corrected chi connectivity index (χ1v) is 8.39. The maximum atomic E-state index is 13.8. The molecule has 5 nitrogen and oxygen atoms in total. The molecule has 132 valence electrons. The van der Waals surface area contributed by atoms with E-state index in [1.807, 2.05) is 0 Å². The minimum atomic E-state index is -1.26. The smallest absolute Gasteiger partial charge is 0.330 e. The van der Waals surface area contributed by atoms with Gasteiger partial charge in [0, 0.05) is 5.92 Å². The summed E-state index contributed by atoms with van der Waals surface area (Å²) < 4.78 is 18.7. The lowest BCUT2D eigenvalue weighted by Crippen LogP contribution is -2.38. The van der Waals surface area contributed by atoms with E-state index in [0.29, 0.717) is 0 Å². The number of halogens is 1. The van der Waals surface area contributed by atoms with Gasteiger partial charge < -0.3 is 15.2 Å². The fourth-order valence-corrected chi connectivity index (χ4v) is 3.13. The third kappa shape index (κ3) is 4.69. The Kier molecular flexibility index (Phi) is 6.58. The van der Waals surface area contributed by atoms with Gasteiger partial charge >= 0.3 is 5.97 Å². The Morgan fingerprint density at radius 3 is 2.38 bits per heavy atom. The number of benzene rings is 1. The lowest BCUT2D eigenvalue weighted by molar-refractivity contribution is -0.142.